The van der Waals surface area contributed by atoms with Crippen molar-refractivity contribution in [3.8, 4) is 0 Å². The minimum atomic E-state index is -0.455. The first-order valence-corrected chi connectivity index (χ1v) is 3.98. The van der Waals surface area contributed by atoms with Crippen molar-refractivity contribution in [1.29, 1.82) is 0 Å². The predicted octanol–water partition coefficient (Wildman–Crippen LogP) is 3.52. The number of thiocarbonyl (C=S) groups is 1. The summed E-state index contributed by atoms with van der Waals surface area (Å²) in [6.45, 7) is 1.63. The Balaban J connectivity index is 3.35. The molecular weight excluding hydrogens is 197 g/mol. The second-order valence-electron chi connectivity index (χ2n) is 2.23. The summed E-state index contributed by atoms with van der Waals surface area (Å²) in [5.41, 5.74) is 0.804. The average molecular weight is 202 g/mol. The Bertz CT molecular complexity index is 358. The third kappa shape index (κ3) is 1.69. The molecule has 0 atom stereocenters. The van der Waals surface area contributed by atoms with Crippen LogP contribution in [0.1, 0.15) is 5.56 Å². The molecule has 0 heterocycles. The molecule has 1 aromatic carbocycles. The van der Waals surface area contributed by atoms with E-state index in [4.69, 9.17) is 11.6 Å². The molecule has 1 nitrogen and oxygen atoms in total. The lowest BCUT2D eigenvalue weighted by Crippen LogP contribution is -1.82. The zero-order valence-electron chi connectivity index (χ0n) is 6.27. The summed E-state index contributed by atoms with van der Waals surface area (Å²) in [7, 11) is 0. The number of hydrogen-bond acceptors (Lipinski definition) is 2. The molecule has 0 bridgehead atoms. The zero-order valence-corrected chi connectivity index (χ0v) is 7.84. The van der Waals surface area contributed by atoms with E-state index in [-0.39, 0.29) is 5.02 Å². The van der Waals surface area contributed by atoms with Crippen molar-refractivity contribution < 1.29 is 4.39 Å². The van der Waals surface area contributed by atoms with Gasteiger partial charge in [0.1, 0.15) is 10.8 Å². The molecule has 1 rings (SSSR count). The van der Waals surface area contributed by atoms with Crippen LogP contribution in [0, 0.1) is 12.7 Å². The highest BCUT2D eigenvalue weighted by molar-refractivity contribution is 7.78. The Morgan fingerprint density at radius 2 is 2.25 bits per heavy atom. The van der Waals surface area contributed by atoms with E-state index >= 15 is 0 Å². The SMILES string of the molecule is Cc1ccc(N=C=S)c(Cl)c1F. The minimum absolute atomic E-state index is 0.00708. The first-order valence-electron chi connectivity index (χ1n) is 3.19. The van der Waals surface area contributed by atoms with Crippen molar-refractivity contribution in [3.63, 3.8) is 0 Å². The van der Waals surface area contributed by atoms with Crippen molar-refractivity contribution in [2.45, 2.75) is 6.92 Å². The van der Waals surface area contributed by atoms with Crippen molar-refractivity contribution >= 4 is 34.7 Å². The molecule has 0 radical (unpaired) electrons. The number of aryl methyl sites for hydroxylation is 1. The monoisotopic (exact) mass is 201 g/mol. The molecule has 62 valence electrons. The van der Waals surface area contributed by atoms with Crippen LogP contribution in [0.2, 0.25) is 5.02 Å². The van der Waals surface area contributed by atoms with Gasteiger partial charge in [-0.05, 0) is 30.8 Å². The molecule has 0 aliphatic heterocycles. The molecule has 0 saturated heterocycles. The van der Waals surface area contributed by atoms with Gasteiger partial charge in [0.15, 0.2) is 0 Å². The lowest BCUT2D eigenvalue weighted by Gasteiger charge is -2.00. The van der Waals surface area contributed by atoms with Crippen molar-refractivity contribution in [3.05, 3.63) is 28.5 Å². The van der Waals surface area contributed by atoms with Crippen LogP contribution in [0.15, 0.2) is 17.1 Å². The molecule has 0 spiro atoms. The maximum absolute atomic E-state index is 13.1. The Kier molecular flexibility index (Phi) is 2.93. The maximum Gasteiger partial charge on any atom is 0.146 e. The summed E-state index contributed by atoms with van der Waals surface area (Å²) in [5.74, 6) is -0.455. The van der Waals surface area contributed by atoms with E-state index in [1.165, 1.54) is 0 Å². The Labute approximate surface area is 79.9 Å². The zero-order chi connectivity index (χ0) is 9.14. The van der Waals surface area contributed by atoms with E-state index in [9.17, 15) is 4.39 Å². The molecule has 0 aromatic heterocycles. The van der Waals surface area contributed by atoms with E-state index in [1.807, 2.05) is 0 Å². The summed E-state index contributed by atoms with van der Waals surface area (Å²) >= 11 is 9.99. The van der Waals surface area contributed by atoms with Crippen molar-refractivity contribution in [2.24, 2.45) is 4.99 Å². The van der Waals surface area contributed by atoms with Crippen molar-refractivity contribution in [1.82, 2.24) is 0 Å². The number of aliphatic imine (C=N–C) groups is 1. The number of benzene rings is 1. The van der Waals surface area contributed by atoms with E-state index in [2.05, 4.69) is 22.4 Å². The van der Waals surface area contributed by atoms with Gasteiger partial charge in [-0.2, -0.15) is 4.99 Å². The van der Waals surface area contributed by atoms with Gasteiger partial charge in [0, 0.05) is 0 Å². The fraction of sp³-hybridized carbons (Fsp3) is 0.125. The number of halogens is 2. The van der Waals surface area contributed by atoms with Gasteiger partial charge in [-0.25, -0.2) is 4.39 Å². The standard InChI is InChI=1S/C8H5ClFNS/c1-5-2-3-6(11-4-12)7(9)8(5)10/h2-3H,1H3. The van der Waals surface area contributed by atoms with Gasteiger partial charge in [-0.15, -0.1) is 0 Å². The third-order valence-electron chi connectivity index (χ3n) is 1.42. The van der Waals surface area contributed by atoms with E-state index < -0.39 is 5.82 Å². The van der Waals surface area contributed by atoms with Crippen LogP contribution >= 0.6 is 23.8 Å². The Hall–Kier alpha value is -0.760. The average Bonchev–Trinajstić information content (AvgIpc) is 2.07. The number of isothiocyanates is 1. The number of hydrogen-bond donors (Lipinski definition) is 0. The maximum atomic E-state index is 13.1. The van der Waals surface area contributed by atoms with Crippen LogP contribution < -0.4 is 0 Å². The molecule has 0 fully saturated rings. The second-order valence-corrected chi connectivity index (χ2v) is 2.79. The van der Waals surface area contributed by atoms with Gasteiger partial charge in [0.2, 0.25) is 0 Å². The first kappa shape index (κ1) is 9.33. The van der Waals surface area contributed by atoms with Crippen molar-refractivity contribution in [2.75, 3.05) is 0 Å². The normalized spacial score (nSPS) is 9.25. The molecule has 0 N–H and O–H groups in total. The minimum Gasteiger partial charge on any atom is -0.205 e. The smallest absolute Gasteiger partial charge is 0.146 e. The fourth-order valence-corrected chi connectivity index (χ4v) is 1.12. The van der Waals surface area contributed by atoms with Gasteiger partial charge in [0.25, 0.3) is 0 Å². The highest BCUT2D eigenvalue weighted by atomic mass is 35.5. The van der Waals surface area contributed by atoms with Gasteiger partial charge >= 0.3 is 0 Å². The van der Waals surface area contributed by atoms with Crippen LogP contribution in [0.5, 0.6) is 0 Å². The summed E-state index contributed by atoms with van der Waals surface area (Å²) in [5, 5.41) is 2.12. The molecule has 4 heteroatoms. The van der Waals surface area contributed by atoms with E-state index in [0.717, 1.165) is 0 Å². The van der Waals surface area contributed by atoms with Crippen LogP contribution in [0.4, 0.5) is 10.1 Å². The number of nitrogens with zero attached hydrogens (tertiary/aromatic N) is 1. The lowest BCUT2D eigenvalue weighted by atomic mass is 10.2. The summed E-state index contributed by atoms with van der Waals surface area (Å²) < 4.78 is 13.1. The van der Waals surface area contributed by atoms with Crippen LogP contribution in [0.3, 0.4) is 0 Å². The topological polar surface area (TPSA) is 12.4 Å². The highest BCUT2D eigenvalue weighted by Gasteiger charge is 2.07. The molecule has 0 aliphatic carbocycles. The summed E-state index contributed by atoms with van der Waals surface area (Å²) in [4.78, 5) is 3.60. The molecular formula is C8H5ClFNS. The quantitative estimate of drug-likeness (QED) is 0.500. The lowest BCUT2D eigenvalue weighted by molar-refractivity contribution is 0.619. The fourth-order valence-electron chi connectivity index (χ4n) is 0.771. The molecule has 12 heavy (non-hydrogen) atoms. The highest BCUT2D eigenvalue weighted by Crippen LogP contribution is 2.28. The third-order valence-corrected chi connectivity index (χ3v) is 1.87. The van der Waals surface area contributed by atoms with Gasteiger partial charge in [-0.1, -0.05) is 17.7 Å². The van der Waals surface area contributed by atoms with Gasteiger partial charge in [0.05, 0.1) is 10.8 Å². The van der Waals surface area contributed by atoms with E-state index in [0.29, 0.717) is 11.3 Å². The molecule has 0 aliphatic rings. The Morgan fingerprint density at radius 1 is 1.58 bits per heavy atom. The van der Waals surface area contributed by atoms with Crippen LogP contribution in [-0.4, -0.2) is 5.16 Å². The van der Waals surface area contributed by atoms with Gasteiger partial charge < -0.3 is 0 Å². The predicted molar refractivity (Wildman–Crippen MR) is 50.8 cm³/mol. The van der Waals surface area contributed by atoms with E-state index in [1.54, 1.807) is 19.1 Å². The Morgan fingerprint density at radius 3 is 2.83 bits per heavy atom. The summed E-state index contributed by atoms with van der Waals surface area (Å²) in [6, 6.07) is 3.19. The largest absolute Gasteiger partial charge is 0.205 e. The second kappa shape index (κ2) is 3.76. The molecule has 1 aromatic rings. The first-order chi connectivity index (χ1) is 5.66. The molecule has 0 saturated carbocycles. The van der Waals surface area contributed by atoms with Gasteiger partial charge in [-0.3, -0.25) is 0 Å². The van der Waals surface area contributed by atoms with Crippen LogP contribution in [-0.2, 0) is 0 Å². The molecule has 0 unspecified atom stereocenters. The molecule has 0 amide bonds. The summed E-state index contributed by atoms with van der Waals surface area (Å²) in [6.07, 6.45) is 0. The number of rotatable bonds is 1. The van der Waals surface area contributed by atoms with Crippen LogP contribution in [0.25, 0.3) is 0 Å².